The fourth-order valence-electron chi connectivity index (χ4n) is 3.08. The Bertz CT molecular complexity index is 778. The van der Waals surface area contributed by atoms with E-state index in [1.165, 1.54) is 5.56 Å². The summed E-state index contributed by atoms with van der Waals surface area (Å²) in [4.78, 5) is 14.8. The molecule has 1 saturated heterocycles. The molecular formula is C16H15N3OS. The lowest BCUT2D eigenvalue weighted by Gasteiger charge is -2.23. The van der Waals surface area contributed by atoms with Crippen LogP contribution in [-0.4, -0.2) is 27.5 Å². The number of hydrogen-bond donors (Lipinski definition) is 1. The summed E-state index contributed by atoms with van der Waals surface area (Å²) >= 11 is 1.68. The van der Waals surface area contributed by atoms with Gasteiger partial charge in [0.25, 0.3) is 5.91 Å². The zero-order valence-corrected chi connectivity index (χ0v) is 12.3. The fourth-order valence-corrected chi connectivity index (χ4v) is 3.79. The molecule has 2 aromatic heterocycles. The minimum Gasteiger partial charge on any atom is -0.330 e. The van der Waals surface area contributed by atoms with Crippen LogP contribution >= 0.6 is 11.3 Å². The molecule has 106 valence electrons. The smallest absolute Gasteiger partial charge is 0.275 e. The van der Waals surface area contributed by atoms with Crippen molar-refractivity contribution in [2.75, 3.05) is 6.54 Å². The number of para-hydroxylation sites is 1. The number of aromatic nitrogens is 2. The Kier molecular flexibility index (Phi) is 3.00. The van der Waals surface area contributed by atoms with Crippen molar-refractivity contribution < 1.29 is 4.79 Å². The Hall–Kier alpha value is -2.14. The van der Waals surface area contributed by atoms with Gasteiger partial charge in [0.1, 0.15) is 0 Å². The molecule has 0 spiro atoms. The number of benzene rings is 1. The molecule has 21 heavy (non-hydrogen) atoms. The minimum atomic E-state index is 0.0288. The highest BCUT2D eigenvalue weighted by molar-refractivity contribution is 7.08. The number of likely N-dealkylation sites (tertiary alicyclic amines) is 1. The largest absolute Gasteiger partial charge is 0.330 e. The fraction of sp³-hybridized carbons (Fsp3) is 0.250. The second-order valence-electron chi connectivity index (χ2n) is 5.33. The second-order valence-corrected chi connectivity index (χ2v) is 6.11. The van der Waals surface area contributed by atoms with Gasteiger partial charge < -0.3 is 4.90 Å². The maximum absolute atomic E-state index is 12.9. The molecule has 5 heteroatoms. The molecule has 3 aromatic rings. The van der Waals surface area contributed by atoms with Gasteiger partial charge in [0.05, 0.1) is 11.6 Å². The van der Waals surface area contributed by atoms with E-state index in [9.17, 15) is 4.79 Å². The molecule has 0 bridgehead atoms. The number of thiophene rings is 1. The van der Waals surface area contributed by atoms with Crippen molar-refractivity contribution >= 4 is 28.1 Å². The average molecular weight is 297 g/mol. The van der Waals surface area contributed by atoms with Crippen molar-refractivity contribution in [1.82, 2.24) is 15.1 Å². The molecule has 1 fully saturated rings. The van der Waals surface area contributed by atoms with Crippen LogP contribution < -0.4 is 0 Å². The van der Waals surface area contributed by atoms with Crippen LogP contribution in [0, 0.1) is 0 Å². The predicted octanol–water partition coefficient (Wildman–Crippen LogP) is 3.60. The van der Waals surface area contributed by atoms with E-state index in [2.05, 4.69) is 27.0 Å². The number of nitrogens with one attached hydrogen (secondary N) is 1. The Labute approximate surface area is 126 Å². The van der Waals surface area contributed by atoms with Gasteiger partial charge in [0.2, 0.25) is 0 Å². The molecule has 4 nitrogen and oxygen atoms in total. The summed E-state index contributed by atoms with van der Waals surface area (Å²) in [6.07, 6.45) is 2.08. The lowest BCUT2D eigenvalue weighted by Crippen LogP contribution is -2.30. The average Bonchev–Trinajstić information content (AvgIpc) is 3.25. The predicted molar refractivity (Wildman–Crippen MR) is 83.4 cm³/mol. The zero-order chi connectivity index (χ0) is 14.2. The van der Waals surface area contributed by atoms with Gasteiger partial charge in [-0.3, -0.25) is 9.89 Å². The third-order valence-corrected chi connectivity index (χ3v) is 4.82. The number of aromatic amines is 1. The second kappa shape index (κ2) is 5.00. The third kappa shape index (κ3) is 2.05. The van der Waals surface area contributed by atoms with Crippen molar-refractivity contribution in [1.29, 1.82) is 0 Å². The first-order valence-electron chi connectivity index (χ1n) is 7.11. The van der Waals surface area contributed by atoms with Crippen molar-refractivity contribution in [3.05, 3.63) is 52.3 Å². The third-order valence-electron chi connectivity index (χ3n) is 4.11. The van der Waals surface area contributed by atoms with Crippen LogP contribution in [0.25, 0.3) is 10.9 Å². The van der Waals surface area contributed by atoms with E-state index in [0.29, 0.717) is 5.69 Å². The van der Waals surface area contributed by atoms with E-state index < -0.39 is 0 Å². The quantitative estimate of drug-likeness (QED) is 0.785. The summed E-state index contributed by atoms with van der Waals surface area (Å²) in [5, 5.41) is 12.3. The van der Waals surface area contributed by atoms with Gasteiger partial charge in [-0.2, -0.15) is 16.4 Å². The topological polar surface area (TPSA) is 49.0 Å². The van der Waals surface area contributed by atoms with Crippen LogP contribution in [-0.2, 0) is 0 Å². The van der Waals surface area contributed by atoms with Crippen molar-refractivity contribution in [3.8, 4) is 0 Å². The molecule has 1 amide bonds. The van der Waals surface area contributed by atoms with Crippen molar-refractivity contribution in [2.24, 2.45) is 0 Å². The van der Waals surface area contributed by atoms with Crippen LogP contribution in [0.2, 0.25) is 0 Å². The first-order valence-corrected chi connectivity index (χ1v) is 8.05. The number of fused-ring (bicyclic) bond motifs is 1. The molecule has 4 rings (SSSR count). The summed E-state index contributed by atoms with van der Waals surface area (Å²) in [7, 11) is 0. The molecule has 0 saturated carbocycles. The summed E-state index contributed by atoms with van der Waals surface area (Å²) in [5.41, 5.74) is 2.69. The van der Waals surface area contributed by atoms with Gasteiger partial charge >= 0.3 is 0 Å². The number of hydrogen-bond acceptors (Lipinski definition) is 3. The molecule has 1 aliphatic rings. The highest BCUT2D eigenvalue weighted by atomic mass is 32.1. The van der Waals surface area contributed by atoms with Crippen LogP contribution in [0.1, 0.15) is 34.9 Å². The number of amides is 1. The van der Waals surface area contributed by atoms with Gasteiger partial charge in [-0.1, -0.05) is 18.2 Å². The molecule has 1 N–H and O–H groups in total. The first-order chi connectivity index (χ1) is 10.3. The number of nitrogens with zero attached hydrogens (tertiary/aromatic N) is 2. The Morgan fingerprint density at radius 3 is 3.10 bits per heavy atom. The maximum Gasteiger partial charge on any atom is 0.275 e. The van der Waals surface area contributed by atoms with Crippen LogP contribution in [0.4, 0.5) is 0 Å². The molecule has 0 aliphatic carbocycles. The van der Waals surface area contributed by atoms with E-state index in [1.54, 1.807) is 11.3 Å². The van der Waals surface area contributed by atoms with Crippen molar-refractivity contribution in [2.45, 2.75) is 18.9 Å². The van der Waals surface area contributed by atoms with E-state index in [4.69, 9.17) is 0 Å². The van der Waals surface area contributed by atoms with E-state index in [0.717, 1.165) is 30.3 Å². The van der Waals surface area contributed by atoms with Crippen LogP contribution in [0.15, 0.2) is 41.1 Å². The number of H-pyrrole nitrogens is 1. The summed E-state index contributed by atoms with van der Waals surface area (Å²) in [6, 6.07) is 10.1. The number of carbonyl (C=O) groups is 1. The summed E-state index contributed by atoms with van der Waals surface area (Å²) in [5.74, 6) is 0.0288. The Morgan fingerprint density at radius 2 is 2.24 bits per heavy atom. The first kappa shape index (κ1) is 12.6. The monoisotopic (exact) mass is 297 g/mol. The lowest BCUT2D eigenvalue weighted by molar-refractivity contribution is 0.0732. The molecule has 1 atom stereocenters. The molecule has 3 heterocycles. The SMILES string of the molecule is O=C(c1n[nH]c2ccccc12)N1CCC[C@@H]1c1ccsc1. The molecule has 0 unspecified atom stereocenters. The van der Waals surface area contributed by atoms with E-state index in [-0.39, 0.29) is 11.9 Å². The molecular weight excluding hydrogens is 282 g/mol. The standard InChI is InChI=1S/C16H15N3OS/c20-16(15-12-4-1-2-5-13(12)17-18-15)19-8-3-6-14(19)11-7-9-21-10-11/h1-2,4-5,7,9-10,14H,3,6,8H2,(H,17,18)/t14-/m1/s1. The molecule has 1 aromatic carbocycles. The van der Waals surface area contributed by atoms with Gasteiger partial charge in [-0.25, -0.2) is 0 Å². The van der Waals surface area contributed by atoms with Gasteiger partial charge in [0.15, 0.2) is 5.69 Å². The lowest BCUT2D eigenvalue weighted by atomic mass is 10.1. The highest BCUT2D eigenvalue weighted by Crippen LogP contribution is 2.34. The van der Waals surface area contributed by atoms with Gasteiger partial charge in [0, 0.05) is 11.9 Å². The van der Waals surface area contributed by atoms with E-state index >= 15 is 0 Å². The zero-order valence-electron chi connectivity index (χ0n) is 11.5. The Balaban J connectivity index is 1.71. The molecule has 0 radical (unpaired) electrons. The van der Waals surface area contributed by atoms with Crippen LogP contribution in [0.3, 0.4) is 0 Å². The highest BCUT2D eigenvalue weighted by Gasteiger charge is 2.32. The van der Waals surface area contributed by atoms with E-state index in [1.807, 2.05) is 29.2 Å². The van der Waals surface area contributed by atoms with Crippen molar-refractivity contribution in [3.63, 3.8) is 0 Å². The summed E-state index contributed by atoms with van der Waals surface area (Å²) < 4.78 is 0. The summed E-state index contributed by atoms with van der Waals surface area (Å²) in [6.45, 7) is 0.806. The van der Waals surface area contributed by atoms with Gasteiger partial charge in [-0.05, 0) is 41.3 Å². The molecule has 1 aliphatic heterocycles. The van der Waals surface area contributed by atoms with Gasteiger partial charge in [-0.15, -0.1) is 0 Å². The Morgan fingerprint density at radius 1 is 1.33 bits per heavy atom. The van der Waals surface area contributed by atoms with Crippen LogP contribution in [0.5, 0.6) is 0 Å². The minimum absolute atomic E-state index is 0.0288. The maximum atomic E-state index is 12.9. The number of carbonyl (C=O) groups excluding carboxylic acids is 1. The number of rotatable bonds is 2. The normalized spacial score (nSPS) is 18.5.